The van der Waals surface area contributed by atoms with Crippen LogP contribution in [0, 0.1) is 11.7 Å². The molecule has 1 amide bonds. The van der Waals surface area contributed by atoms with E-state index in [0.717, 1.165) is 44.6 Å². The van der Waals surface area contributed by atoms with Gasteiger partial charge in [-0.25, -0.2) is 4.39 Å². The van der Waals surface area contributed by atoms with Gasteiger partial charge in [0.15, 0.2) is 0 Å². The Bertz CT molecular complexity index is 833. The van der Waals surface area contributed by atoms with E-state index in [1.165, 1.54) is 49.2 Å². The van der Waals surface area contributed by atoms with Crippen LogP contribution in [0.25, 0.3) is 0 Å². The van der Waals surface area contributed by atoms with E-state index in [1.807, 2.05) is 12.1 Å². The number of amides is 1. The number of halogens is 1. The molecular weight excluding hydrogens is 377 g/mol. The summed E-state index contributed by atoms with van der Waals surface area (Å²) >= 11 is 0. The first-order chi connectivity index (χ1) is 14.7. The molecule has 2 saturated heterocycles. The maximum atomic E-state index is 13.1. The number of nitrogens with zero attached hydrogens (tertiary/aromatic N) is 2. The van der Waals surface area contributed by atoms with Crippen molar-refractivity contribution >= 4 is 5.91 Å². The second-order valence-corrected chi connectivity index (χ2v) is 8.72. The Morgan fingerprint density at radius 3 is 2.40 bits per heavy atom. The molecular formula is C25H32FN3O. The summed E-state index contributed by atoms with van der Waals surface area (Å²) in [5, 5.41) is 3.15. The Balaban J connectivity index is 1.26. The van der Waals surface area contributed by atoms with Crippen LogP contribution in [0.3, 0.4) is 0 Å². The lowest BCUT2D eigenvalue weighted by molar-refractivity contribution is -0.126. The van der Waals surface area contributed by atoms with Gasteiger partial charge in [0.2, 0.25) is 5.91 Å². The third-order valence-electron chi connectivity index (χ3n) is 6.26. The van der Waals surface area contributed by atoms with E-state index in [9.17, 15) is 9.18 Å². The minimum Gasteiger partial charge on any atom is -0.352 e. The number of likely N-dealkylation sites (tertiary alicyclic amines) is 2. The van der Waals surface area contributed by atoms with E-state index in [2.05, 4.69) is 39.4 Å². The predicted molar refractivity (Wildman–Crippen MR) is 117 cm³/mol. The Hall–Kier alpha value is -2.24. The van der Waals surface area contributed by atoms with Crippen molar-refractivity contribution in [2.24, 2.45) is 5.92 Å². The van der Waals surface area contributed by atoms with Crippen LogP contribution < -0.4 is 5.32 Å². The van der Waals surface area contributed by atoms with E-state index in [-0.39, 0.29) is 17.6 Å². The third kappa shape index (κ3) is 5.89. The topological polar surface area (TPSA) is 35.6 Å². The lowest BCUT2D eigenvalue weighted by Crippen LogP contribution is -2.42. The Labute approximate surface area is 179 Å². The fourth-order valence-electron chi connectivity index (χ4n) is 4.63. The number of hydrogen-bond acceptors (Lipinski definition) is 3. The van der Waals surface area contributed by atoms with Crippen molar-refractivity contribution in [3.8, 4) is 0 Å². The molecule has 1 N–H and O–H groups in total. The maximum absolute atomic E-state index is 13.1. The van der Waals surface area contributed by atoms with Gasteiger partial charge in [-0.3, -0.25) is 14.6 Å². The van der Waals surface area contributed by atoms with Crippen LogP contribution >= 0.6 is 0 Å². The number of nitrogens with one attached hydrogen (secondary N) is 1. The normalized spacial score (nSPS) is 20.4. The molecule has 2 aliphatic heterocycles. The van der Waals surface area contributed by atoms with Crippen LogP contribution in [0.4, 0.5) is 4.39 Å². The van der Waals surface area contributed by atoms with Crippen molar-refractivity contribution in [1.29, 1.82) is 0 Å². The van der Waals surface area contributed by atoms with Gasteiger partial charge in [0.05, 0.1) is 5.92 Å². The Morgan fingerprint density at radius 2 is 1.60 bits per heavy atom. The minimum absolute atomic E-state index is 0.0204. The molecule has 0 bridgehead atoms. The number of hydrogen-bond donors (Lipinski definition) is 1. The van der Waals surface area contributed by atoms with Gasteiger partial charge in [0.25, 0.3) is 0 Å². The lowest BCUT2D eigenvalue weighted by Gasteiger charge is -2.32. The zero-order chi connectivity index (χ0) is 20.8. The fourth-order valence-corrected chi connectivity index (χ4v) is 4.63. The van der Waals surface area contributed by atoms with Crippen LogP contribution in [0.2, 0.25) is 0 Å². The third-order valence-corrected chi connectivity index (χ3v) is 6.26. The highest BCUT2D eigenvalue weighted by Gasteiger charge is 2.25. The first-order valence-electron chi connectivity index (χ1n) is 11.2. The van der Waals surface area contributed by atoms with Crippen molar-refractivity contribution in [3.05, 3.63) is 71.0 Å². The standard InChI is InChI=1S/C25H32FN3O/c26-24-10-8-20(9-11-24)17-29-14-4-7-23(19-29)25(30)27-16-21-5-3-6-22(15-21)18-28-12-1-2-13-28/h3,5-6,8-11,15,23H,1-2,4,7,12-14,16-19H2,(H,27,30). The predicted octanol–water partition coefficient (Wildman–Crippen LogP) is 3.95. The number of carbonyl (C=O) groups excluding carboxylic acids is 1. The Morgan fingerprint density at radius 1 is 0.900 bits per heavy atom. The highest BCUT2D eigenvalue weighted by molar-refractivity contribution is 5.79. The van der Waals surface area contributed by atoms with Gasteiger partial charge in [0.1, 0.15) is 5.82 Å². The molecule has 0 aromatic heterocycles. The van der Waals surface area contributed by atoms with E-state index in [4.69, 9.17) is 0 Å². The summed E-state index contributed by atoms with van der Waals surface area (Å²) in [7, 11) is 0. The zero-order valence-electron chi connectivity index (χ0n) is 17.7. The molecule has 2 aliphatic rings. The maximum Gasteiger partial charge on any atom is 0.224 e. The number of carbonyl (C=O) groups is 1. The smallest absolute Gasteiger partial charge is 0.224 e. The number of benzene rings is 2. The molecule has 0 radical (unpaired) electrons. The van der Waals surface area contributed by atoms with Crippen LogP contribution in [0.15, 0.2) is 48.5 Å². The molecule has 5 heteroatoms. The molecule has 2 heterocycles. The van der Waals surface area contributed by atoms with Gasteiger partial charge in [-0.1, -0.05) is 36.4 Å². The second-order valence-electron chi connectivity index (χ2n) is 8.72. The largest absolute Gasteiger partial charge is 0.352 e. The van der Waals surface area contributed by atoms with Crippen LogP contribution in [0.5, 0.6) is 0 Å². The summed E-state index contributed by atoms with van der Waals surface area (Å²) in [6, 6.07) is 15.2. The summed E-state index contributed by atoms with van der Waals surface area (Å²) < 4.78 is 13.1. The second kappa shape index (κ2) is 10.2. The molecule has 30 heavy (non-hydrogen) atoms. The Kier molecular flexibility index (Phi) is 7.13. The van der Waals surface area contributed by atoms with Gasteiger partial charge >= 0.3 is 0 Å². The van der Waals surface area contributed by atoms with Gasteiger partial charge in [-0.2, -0.15) is 0 Å². The van der Waals surface area contributed by atoms with Crippen molar-refractivity contribution < 1.29 is 9.18 Å². The summed E-state index contributed by atoms with van der Waals surface area (Å²) in [5.41, 5.74) is 3.58. The quantitative estimate of drug-likeness (QED) is 0.752. The molecule has 1 atom stereocenters. The first kappa shape index (κ1) is 21.0. The lowest BCUT2D eigenvalue weighted by atomic mass is 9.96. The molecule has 0 spiro atoms. The SMILES string of the molecule is O=C(NCc1cccc(CN2CCCC2)c1)C1CCCN(Cc2ccc(F)cc2)C1. The molecule has 2 aromatic rings. The average Bonchev–Trinajstić information content (AvgIpc) is 3.27. The summed E-state index contributed by atoms with van der Waals surface area (Å²) in [4.78, 5) is 17.6. The molecule has 4 rings (SSSR count). The van der Waals surface area contributed by atoms with Crippen LogP contribution in [-0.4, -0.2) is 41.9 Å². The van der Waals surface area contributed by atoms with Crippen molar-refractivity contribution in [2.75, 3.05) is 26.2 Å². The highest BCUT2D eigenvalue weighted by atomic mass is 19.1. The number of rotatable bonds is 7. The molecule has 0 aliphatic carbocycles. The van der Waals surface area contributed by atoms with Crippen molar-refractivity contribution in [2.45, 2.75) is 45.3 Å². The zero-order valence-corrected chi connectivity index (χ0v) is 17.7. The van der Waals surface area contributed by atoms with Crippen molar-refractivity contribution in [3.63, 3.8) is 0 Å². The summed E-state index contributed by atoms with van der Waals surface area (Å²) in [5.74, 6) is -0.0464. The monoisotopic (exact) mass is 409 g/mol. The molecule has 0 saturated carbocycles. The van der Waals surface area contributed by atoms with E-state index in [0.29, 0.717) is 6.54 Å². The molecule has 1 unspecified atom stereocenters. The van der Waals surface area contributed by atoms with E-state index in [1.54, 1.807) is 0 Å². The van der Waals surface area contributed by atoms with Crippen molar-refractivity contribution in [1.82, 2.24) is 15.1 Å². The highest BCUT2D eigenvalue weighted by Crippen LogP contribution is 2.19. The van der Waals surface area contributed by atoms with E-state index < -0.39 is 0 Å². The van der Waals surface area contributed by atoms with Gasteiger partial charge in [-0.05, 0) is 74.1 Å². The minimum atomic E-state index is -0.209. The molecule has 4 nitrogen and oxygen atoms in total. The molecule has 2 aromatic carbocycles. The average molecular weight is 410 g/mol. The molecule has 2 fully saturated rings. The fraction of sp³-hybridized carbons (Fsp3) is 0.480. The van der Waals surface area contributed by atoms with Gasteiger partial charge in [-0.15, -0.1) is 0 Å². The van der Waals surface area contributed by atoms with Gasteiger partial charge < -0.3 is 5.32 Å². The first-order valence-corrected chi connectivity index (χ1v) is 11.2. The van der Waals surface area contributed by atoms with E-state index >= 15 is 0 Å². The van der Waals surface area contributed by atoms with Gasteiger partial charge in [0, 0.05) is 26.2 Å². The molecule has 160 valence electrons. The summed E-state index contributed by atoms with van der Waals surface area (Å²) in [6.45, 7) is 6.48. The van der Waals surface area contributed by atoms with Crippen LogP contribution in [0.1, 0.15) is 42.4 Å². The number of piperidine rings is 1. The van der Waals surface area contributed by atoms with Crippen LogP contribution in [-0.2, 0) is 24.4 Å². The summed E-state index contributed by atoms with van der Waals surface area (Å²) in [6.07, 6.45) is 4.55.